The van der Waals surface area contributed by atoms with E-state index in [0.717, 1.165) is 31.2 Å². The molecule has 1 saturated carbocycles. The maximum atomic E-state index is 12.5. The lowest BCUT2D eigenvalue weighted by atomic mass is 9.99. The van der Waals surface area contributed by atoms with Crippen molar-refractivity contribution in [1.82, 2.24) is 14.8 Å². The molecule has 1 aliphatic heterocycles. The van der Waals surface area contributed by atoms with Crippen molar-refractivity contribution in [2.75, 3.05) is 31.9 Å². The van der Waals surface area contributed by atoms with Gasteiger partial charge in [0.2, 0.25) is 5.91 Å². The Bertz CT molecular complexity index is 634. The molecule has 1 aromatic heterocycles. The summed E-state index contributed by atoms with van der Waals surface area (Å²) in [5.41, 5.74) is 6.59. The molecule has 2 amide bonds. The van der Waals surface area contributed by atoms with Gasteiger partial charge in [0, 0.05) is 38.8 Å². The summed E-state index contributed by atoms with van der Waals surface area (Å²) in [7, 11) is 0. The van der Waals surface area contributed by atoms with Gasteiger partial charge in [-0.15, -0.1) is 0 Å². The Morgan fingerprint density at radius 2 is 1.64 bits per heavy atom. The van der Waals surface area contributed by atoms with Crippen LogP contribution in [0.4, 0.5) is 10.6 Å². The minimum Gasteiger partial charge on any atom is -0.446 e. The molecule has 7 nitrogen and oxygen atoms in total. The Hall–Kier alpha value is -2.31. The highest BCUT2D eigenvalue weighted by molar-refractivity contribution is 5.77. The Balaban J connectivity index is 1.38. The van der Waals surface area contributed by atoms with Crippen LogP contribution in [0.3, 0.4) is 0 Å². The Kier molecular flexibility index (Phi) is 7.51. The molecular formula is C21H32N4O3. The summed E-state index contributed by atoms with van der Waals surface area (Å²) in [6.07, 6.45) is 10.7. The van der Waals surface area contributed by atoms with Gasteiger partial charge in [0.15, 0.2) is 0 Å². The second kappa shape index (κ2) is 10.3. The third kappa shape index (κ3) is 6.11. The molecule has 2 aliphatic rings. The van der Waals surface area contributed by atoms with Gasteiger partial charge in [-0.05, 0) is 43.7 Å². The second-order valence-electron chi connectivity index (χ2n) is 7.81. The number of ether oxygens (including phenoxy) is 1. The molecular weight excluding hydrogens is 356 g/mol. The van der Waals surface area contributed by atoms with Crippen LogP contribution in [0.15, 0.2) is 18.3 Å². The first kappa shape index (κ1) is 20.4. The van der Waals surface area contributed by atoms with E-state index in [-0.39, 0.29) is 18.1 Å². The van der Waals surface area contributed by atoms with Crippen molar-refractivity contribution in [3.63, 3.8) is 0 Å². The number of nitrogens with two attached hydrogens (primary N) is 1. The van der Waals surface area contributed by atoms with Crippen molar-refractivity contribution >= 4 is 17.8 Å². The minimum absolute atomic E-state index is 0.0565. The molecule has 28 heavy (non-hydrogen) atoms. The molecule has 1 saturated heterocycles. The standard InChI is InChI=1S/C21H32N4O3/c22-19-10-8-17(16-23-19)9-11-20(26)24-12-14-25(15-13-24)21(27)28-18-6-4-2-1-3-5-7-18/h8,10,16,18H,1-7,9,11-15H2,(H2,22,23). The van der Waals surface area contributed by atoms with E-state index in [1.54, 1.807) is 17.2 Å². The van der Waals surface area contributed by atoms with Crippen LogP contribution < -0.4 is 5.73 Å². The molecule has 2 N–H and O–H groups in total. The van der Waals surface area contributed by atoms with Crippen LogP contribution in [0.1, 0.15) is 56.9 Å². The Morgan fingerprint density at radius 3 is 2.29 bits per heavy atom. The van der Waals surface area contributed by atoms with E-state index in [9.17, 15) is 9.59 Å². The molecule has 0 unspecified atom stereocenters. The molecule has 0 bridgehead atoms. The van der Waals surface area contributed by atoms with E-state index in [0.29, 0.717) is 44.8 Å². The van der Waals surface area contributed by atoms with Gasteiger partial charge in [-0.2, -0.15) is 0 Å². The normalized spacial score (nSPS) is 19.0. The van der Waals surface area contributed by atoms with Gasteiger partial charge in [0.25, 0.3) is 0 Å². The van der Waals surface area contributed by atoms with Gasteiger partial charge < -0.3 is 20.3 Å². The van der Waals surface area contributed by atoms with Crippen LogP contribution in [0.5, 0.6) is 0 Å². The van der Waals surface area contributed by atoms with E-state index in [2.05, 4.69) is 4.98 Å². The van der Waals surface area contributed by atoms with Crippen molar-refractivity contribution in [2.24, 2.45) is 0 Å². The summed E-state index contributed by atoms with van der Waals surface area (Å²) < 4.78 is 5.74. The number of aryl methyl sites for hydroxylation is 1. The summed E-state index contributed by atoms with van der Waals surface area (Å²) in [6, 6.07) is 3.65. The van der Waals surface area contributed by atoms with Crippen molar-refractivity contribution in [2.45, 2.75) is 63.9 Å². The van der Waals surface area contributed by atoms with Crippen LogP contribution in [0, 0.1) is 0 Å². The summed E-state index contributed by atoms with van der Waals surface area (Å²) in [5, 5.41) is 0. The molecule has 7 heteroatoms. The predicted octanol–water partition coefficient (Wildman–Crippen LogP) is 2.99. The van der Waals surface area contributed by atoms with E-state index in [4.69, 9.17) is 10.5 Å². The Morgan fingerprint density at radius 1 is 1.00 bits per heavy atom. The van der Waals surface area contributed by atoms with Crippen LogP contribution in [0.2, 0.25) is 0 Å². The first-order chi connectivity index (χ1) is 13.6. The largest absolute Gasteiger partial charge is 0.446 e. The van der Waals surface area contributed by atoms with Gasteiger partial charge >= 0.3 is 6.09 Å². The molecule has 2 fully saturated rings. The van der Waals surface area contributed by atoms with E-state index in [1.807, 2.05) is 11.0 Å². The van der Waals surface area contributed by atoms with Gasteiger partial charge in [-0.1, -0.05) is 25.3 Å². The topological polar surface area (TPSA) is 88.8 Å². The van der Waals surface area contributed by atoms with Gasteiger partial charge in [-0.25, -0.2) is 9.78 Å². The van der Waals surface area contributed by atoms with Crippen molar-refractivity contribution < 1.29 is 14.3 Å². The summed E-state index contributed by atoms with van der Waals surface area (Å²) in [4.78, 5) is 32.5. The molecule has 2 heterocycles. The number of aromatic nitrogens is 1. The zero-order chi connectivity index (χ0) is 19.8. The number of pyridine rings is 1. The minimum atomic E-state index is -0.217. The molecule has 0 atom stereocenters. The van der Waals surface area contributed by atoms with Gasteiger partial charge in [0.1, 0.15) is 11.9 Å². The van der Waals surface area contributed by atoms with E-state index >= 15 is 0 Å². The number of nitrogen functional groups attached to an aromatic ring is 1. The van der Waals surface area contributed by atoms with Crippen molar-refractivity contribution in [3.8, 4) is 0 Å². The Labute approximate surface area is 167 Å². The molecule has 0 spiro atoms. The predicted molar refractivity (Wildman–Crippen MR) is 108 cm³/mol. The maximum absolute atomic E-state index is 12.5. The first-order valence-corrected chi connectivity index (χ1v) is 10.6. The molecule has 154 valence electrons. The number of anilines is 1. The summed E-state index contributed by atoms with van der Waals surface area (Å²) in [6.45, 7) is 2.22. The quantitative estimate of drug-likeness (QED) is 0.856. The first-order valence-electron chi connectivity index (χ1n) is 10.6. The number of hydrogen-bond donors (Lipinski definition) is 1. The number of amides is 2. The average Bonchev–Trinajstić information content (AvgIpc) is 2.69. The number of hydrogen-bond acceptors (Lipinski definition) is 5. The lowest BCUT2D eigenvalue weighted by Gasteiger charge is -2.35. The molecule has 0 aromatic carbocycles. The van der Waals surface area contributed by atoms with Gasteiger partial charge in [-0.3, -0.25) is 4.79 Å². The number of rotatable bonds is 4. The lowest BCUT2D eigenvalue weighted by molar-refractivity contribution is -0.132. The summed E-state index contributed by atoms with van der Waals surface area (Å²) in [5.74, 6) is 0.599. The fourth-order valence-electron chi connectivity index (χ4n) is 3.89. The average molecular weight is 389 g/mol. The molecule has 3 rings (SSSR count). The highest BCUT2D eigenvalue weighted by atomic mass is 16.6. The second-order valence-corrected chi connectivity index (χ2v) is 7.81. The molecule has 1 aliphatic carbocycles. The van der Waals surface area contributed by atoms with Crippen LogP contribution in [-0.4, -0.2) is 59.1 Å². The molecule has 0 radical (unpaired) electrons. The zero-order valence-corrected chi connectivity index (χ0v) is 16.6. The third-order valence-corrected chi connectivity index (χ3v) is 5.69. The highest BCUT2D eigenvalue weighted by Gasteiger charge is 2.26. The molecule has 1 aromatic rings. The fourth-order valence-corrected chi connectivity index (χ4v) is 3.89. The third-order valence-electron chi connectivity index (χ3n) is 5.69. The van der Waals surface area contributed by atoms with E-state index < -0.39 is 0 Å². The fraction of sp³-hybridized carbons (Fsp3) is 0.667. The number of carbonyl (C=O) groups is 2. The number of piperazine rings is 1. The van der Waals surface area contributed by atoms with Crippen LogP contribution in [0.25, 0.3) is 0 Å². The zero-order valence-electron chi connectivity index (χ0n) is 16.6. The van der Waals surface area contributed by atoms with E-state index in [1.165, 1.54) is 19.3 Å². The number of carbonyl (C=O) groups excluding carboxylic acids is 2. The summed E-state index contributed by atoms with van der Waals surface area (Å²) >= 11 is 0. The maximum Gasteiger partial charge on any atom is 0.410 e. The van der Waals surface area contributed by atoms with Crippen molar-refractivity contribution in [1.29, 1.82) is 0 Å². The highest BCUT2D eigenvalue weighted by Crippen LogP contribution is 2.20. The number of nitrogens with zero attached hydrogens (tertiary/aromatic N) is 3. The SMILES string of the molecule is Nc1ccc(CCC(=O)N2CCN(C(=O)OC3CCCCCCC3)CC2)cn1. The van der Waals surface area contributed by atoms with Crippen molar-refractivity contribution in [3.05, 3.63) is 23.9 Å². The van der Waals surface area contributed by atoms with Crippen LogP contribution in [-0.2, 0) is 16.0 Å². The van der Waals surface area contributed by atoms with Crippen LogP contribution >= 0.6 is 0 Å². The smallest absolute Gasteiger partial charge is 0.410 e. The lowest BCUT2D eigenvalue weighted by Crippen LogP contribution is -2.51. The van der Waals surface area contributed by atoms with Gasteiger partial charge in [0.05, 0.1) is 0 Å². The monoisotopic (exact) mass is 388 g/mol.